The Hall–Kier alpha value is -2.39. The predicted molar refractivity (Wildman–Crippen MR) is 91.0 cm³/mol. The molecule has 0 spiro atoms. The summed E-state index contributed by atoms with van der Waals surface area (Å²) < 4.78 is 0. The standard InChI is InChI=1S/C14H14N6OS2/c1-8-5-16-13(23-8)9(2)18-11-4-3-10(6-15-11)12(21)19-14-20-17-7-22-14/h3-7,9H,1-2H3,(H,15,18)(H,19,20,21). The van der Waals surface area contributed by atoms with Crippen molar-refractivity contribution in [1.82, 2.24) is 20.2 Å². The fourth-order valence-electron chi connectivity index (χ4n) is 1.87. The summed E-state index contributed by atoms with van der Waals surface area (Å²) >= 11 is 2.91. The van der Waals surface area contributed by atoms with E-state index in [2.05, 4.69) is 30.8 Å². The van der Waals surface area contributed by atoms with Gasteiger partial charge in [0.1, 0.15) is 16.3 Å². The number of hydrogen-bond donors (Lipinski definition) is 2. The monoisotopic (exact) mass is 346 g/mol. The van der Waals surface area contributed by atoms with E-state index in [9.17, 15) is 4.79 Å². The molecule has 0 saturated heterocycles. The molecule has 0 radical (unpaired) electrons. The molecular formula is C14H14N6OS2. The number of thiazole rings is 1. The van der Waals surface area contributed by atoms with Gasteiger partial charge in [0.2, 0.25) is 5.13 Å². The second kappa shape index (κ2) is 6.80. The number of hydrogen-bond acceptors (Lipinski definition) is 8. The molecule has 0 fully saturated rings. The van der Waals surface area contributed by atoms with Crippen LogP contribution in [0.15, 0.2) is 30.0 Å². The highest BCUT2D eigenvalue weighted by molar-refractivity contribution is 7.13. The van der Waals surface area contributed by atoms with Gasteiger partial charge in [0.25, 0.3) is 5.91 Å². The van der Waals surface area contributed by atoms with Gasteiger partial charge < -0.3 is 5.32 Å². The molecule has 1 amide bonds. The zero-order valence-electron chi connectivity index (χ0n) is 12.5. The molecule has 1 unspecified atom stereocenters. The van der Waals surface area contributed by atoms with Crippen molar-refractivity contribution in [2.24, 2.45) is 0 Å². The van der Waals surface area contributed by atoms with Crippen LogP contribution < -0.4 is 10.6 Å². The zero-order chi connectivity index (χ0) is 16.2. The van der Waals surface area contributed by atoms with Crippen molar-refractivity contribution < 1.29 is 4.79 Å². The van der Waals surface area contributed by atoms with Gasteiger partial charge in [-0.25, -0.2) is 9.97 Å². The first-order valence-corrected chi connectivity index (χ1v) is 8.54. The van der Waals surface area contributed by atoms with Crippen LogP contribution in [-0.2, 0) is 0 Å². The van der Waals surface area contributed by atoms with Crippen molar-refractivity contribution in [2.75, 3.05) is 10.6 Å². The van der Waals surface area contributed by atoms with Crippen molar-refractivity contribution in [3.05, 3.63) is 45.5 Å². The minimum absolute atomic E-state index is 0.0577. The van der Waals surface area contributed by atoms with E-state index in [4.69, 9.17) is 0 Å². The van der Waals surface area contributed by atoms with E-state index in [1.807, 2.05) is 20.0 Å². The van der Waals surface area contributed by atoms with E-state index in [0.29, 0.717) is 16.5 Å². The summed E-state index contributed by atoms with van der Waals surface area (Å²) in [4.78, 5) is 21.8. The number of rotatable bonds is 5. The van der Waals surface area contributed by atoms with E-state index < -0.39 is 0 Å². The fraction of sp³-hybridized carbons (Fsp3) is 0.214. The van der Waals surface area contributed by atoms with Crippen LogP contribution >= 0.6 is 22.7 Å². The van der Waals surface area contributed by atoms with Crippen LogP contribution in [0.2, 0.25) is 0 Å². The van der Waals surface area contributed by atoms with Gasteiger partial charge in [-0.05, 0) is 26.0 Å². The molecule has 118 valence electrons. The number of anilines is 2. The Balaban J connectivity index is 1.63. The van der Waals surface area contributed by atoms with Crippen LogP contribution in [0.3, 0.4) is 0 Å². The van der Waals surface area contributed by atoms with Gasteiger partial charge in [-0.3, -0.25) is 10.1 Å². The minimum Gasteiger partial charge on any atom is -0.361 e. The molecule has 0 aromatic carbocycles. The Kier molecular flexibility index (Phi) is 4.58. The number of pyridine rings is 1. The third kappa shape index (κ3) is 3.88. The summed E-state index contributed by atoms with van der Waals surface area (Å²) in [5.74, 6) is 0.433. The summed E-state index contributed by atoms with van der Waals surface area (Å²) in [6, 6.07) is 3.54. The number of nitrogens with zero attached hydrogens (tertiary/aromatic N) is 4. The van der Waals surface area contributed by atoms with Gasteiger partial charge in [0.05, 0.1) is 11.6 Å². The third-order valence-corrected chi connectivity index (χ3v) is 4.68. The lowest BCUT2D eigenvalue weighted by Gasteiger charge is -2.12. The Morgan fingerprint density at radius 2 is 2.13 bits per heavy atom. The van der Waals surface area contributed by atoms with E-state index in [1.54, 1.807) is 29.0 Å². The molecule has 3 heterocycles. The molecule has 3 aromatic heterocycles. The first-order valence-electron chi connectivity index (χ1n) is 6.84. The van der Waals surface area contributed by atoms with E-state index in [1.165, 1.54) is 22.4 Å². The maximum Gasteiger partial charge on any atom is 0.259 e. The van der Waals surface area contributed by atoms with Crippen LogP contribution in [-0.4, -0.2) is 26.1 Å². The summed E-state index contributed by atoms with van der Waals surface area (Å²) in [5, 5.41) is 14.8. The number of nitrogens with one attached hydrogen (secondary N) is 2. The molecular weight excluding hydrogens is 332 g/mol. The van der Waals surface area contributed by atoms with Crippen molar-refractivity contribution in [3.8, 4) is 0 Å². The zero-order valence-corrected chi connectivity index (χ0v) is 14.1. The molecule has 0 aliphatic heterocycles. The quantitative estimate of drug-likeness (QED) is 0.737. The van der Waals surface area contributed by atoms with Crippen molar-refractivity contribution in [3.63, 3.8) is 0 Å². The summed E-state index contributed by atoms with van der Waals surface area (Å²) in [7, 11) is 0. The Morgan fingerprint density at radius 1 is 1.26 bits per heavy atom. The van der Waals surface area contributed by atoms with Gasteiger partial charge in [-0.15, -0.1) is 21.5 Å². The van der Waals surface area contributed by atoms with Gasteiger partial charge in [-0.1, -0.05) is 11.3 Å². The molecule has 0 aliphatic rings. The number of amides is 1. The number of carbonyl (C=O) groups excluding carboxylic acids is 1. The fourth-order valence-corrected chi connectivity index (χ4v) is 3.08. The van der Waals surface area contributed by atoms with Crippen molar-refractivity contribution in [1.29, 1.82) is 0 Å². The third-order valence-electron chi connectivity index (χ3n) is 2.98. The van der Waals surface area contributed by atoms with Crippen LogP contribution in [0, 0.1) is 6.92 Å². The van der Waals surface area contributed by atoms with Crippen LogP contribution in [0.5, 0.6) is 0 Å². The van der Waals surface area contributed by atoms with Crippen molar-refractivity contribution >= 4 is 39.5 Å². The Labute approximate surface area is 140 Å². The van der Waals surface area contributed by atoms with Crippen LogP contribution in [0.4, 0.5) is 10.9 Å². The molecule has 2 N–H and O–H groups in total. The van der Waals surface area contributed by atoms with E-state index in [0.717, 1.165) is 5.01 Å². The number of aromatic nitrogens is 4. The molecule has 23 heavy (non-hydrogen) atoms. The lowest BCUT2D eigenvalue weighted by Crippen LogP contribution is -2.13. The molecule has 0 bridgehead atoms. The first-order chi connectivity index (χ1) is 11.1. The van der Waals surface area contributed by atoms with Gasteiger partial charge in [-0.2, -0.15) is 0 Å². The molecule has 7 nitrogen and oxygen atoms in total. The lowest BCUT2D eigenvalue weighted by atomic mass is 10.2. The largest absolute Gasteiger partial charge is 0.361 e. The summed E-state index contributed by atoms with van der Waals surface area (Å²) in [6.07, 6.45) is 3.38. The SMILES string of the molecule is Cc1cnc(C(C)Nc2ccc(C(=O)Nc3nncs3)cn2)s1. The highest BCUT2D eigenvalue weighted by Crippen LogP contribution is 2.22. The average Bonchev–Trinajstić information content (AvgIpc) is 3.19. The second-order valence-electron chi connectivity index (χ2n) is 4.81. The topological polar surface area (TPSA) is 92.7 Å². The maximum atomic E-state index is 12.0. The predicted octanol–water partition coefficient (Wildman–Crippen LogP) is 3.12. The lowest BCUT2D eigenvalue weighted by molar-refractivity contribution is 0.102. The summed E-state index contributed by atoms with van der Waals surface area (Å²) in [5.41, 5.74) is 2.02. The smallest absolute Gasteiger partial charge is 0.259 e. The highest BCUT2D eigenvalue weighted by atomic mass is 32.1. The van der Waals surface area contributed by atoms with Crippen LogP contribution in [0.25, 0.3) is 0 Å². The van der Waals surface area contributed by atoms with Crippen LogP contribution in [0.1, 0.15) is 33.2 Å². The number of carbonyl (C=O) groups is 1. The first kappa shape index (κ1) is 15.5. The average molecular weight is 346 g/mol. The van der Waals surface area contributed by atoms with E-state index >= 15 is 0 Å². The van der Waals surface area contributed by atoms with Gasteiger partial charge >= 0.3 is 0 Å². The molecule has 3 rings (SSSR count). The van der Waals surface area contributed by atoms with Crippen molar-refractivity contribution in [2.45, 2.75) is 19.9 Å². The highest BCUT2D eigenvalue weighted by Gasteiger charge is 2.12. The normalized spacial score (nSPS) is 11.9. The Morgan fingerprint density at radius 3 is 2.74 bits per heavy atom. The number of aryl methyl sites for hydroxylation is 1. The van der Waals surface area contributed by atoms with Gasteiger partial charge in [0, 0.05) is 17.3 Å². The van der Waals surface area contributed by atoms with E-state index in [-0.39, 0.29) is 11.9 Å². The molecule has 3 aromatic rings. The molecule has 1 atom stereocenters. The minimum atomic E-state index is -0.260. The van der Waals surface area contributed by atoms with Gasteiger partial charge in [0.15, 0.2) is 0 Å². The molecule has 9 heteroatoms. The Bertz CT molecular complexity index is 784. The maximum absolute atomic E-state index is 12.0. The molecule has 0 saturated carbocycles. The summed E-state index contributed by atoms with van der Waals surface area (Å²) in [6.45, 7) is 4.05. The molecule has 0 aliphatic carbocycles. The second-order valence-corrected chi connectivity index (χ2v) is 6.90.